The van der Waals surface area contributed by atoms with Crippen molar-refractivity contribution in [3.8, 4) is 0 Å². The Morgan fingerprint density at radius 1 is 1.46 bits per heavy atom. The van der Waals surface area contributed by atoms with Crippen molar-refractivity contribution in [2.75, 3.05) is 13.2 Å². The maximum absolute atomic E-state index is 11.0. The fraction of sp³-hybridized carbons (Fsp3) is 0.714. The molecule has 0 radical (unpaired) electrons. The highest BCUT2D eigenvalue weighted by atomic mass is 16.4. The van der Waals surface area contributed by atoms with E-state index >= 15 is 0 Å². The van der Waals surface area contributed by atoms with Gasteiger partial charge < -0.3 is 21.3 Å². The Labute approximate surface area is 75.7 Å². The first-order chi connectivity index (χ1) is 6.07. The normalized spacial score (nSPS) is 12.2. The van der Waals surface area contributed by atoms with Crippen LogP contribution in [0.3, 0.4) is 0 Å². The summed E-state index contributed by atoms with van der Waals surface area (Å²) in [6.07, 6.45) is -0.0275. The van der Waals surface area contributed by atoms with E-state index < -0.39 is 17.9 Å². The first-order valence-electron chi connectivity index (χ1n) is 3.94. The molecule has 0 aromatic heterocycles. The van der Waals surface area contributed by atoms with Crippen molar-refractivity contribution in [2.45, 2.75) is 18.9 Å². The number of aliphatic carboxylic acids is 1. The van der Waals surface area contributed by atoms with Crippen LogP contribution in [0.5, 0.6) is 0 Å². The van der Waals surface area contributed by atoms with Crippen LogP contribution >= 0.6 is 0 Å². The molecule has 6 heteroatoms. The zero-order valence-electron chi connectivity index (χ0n) is 7.19. The van der Waals surface area contributed by atoms with Crippen molar-refractivity contribution in [1.82, 2.24) is 5.32 Å². The molecular weight excluding hydrogens is 176 g/mol. The fourth-order valence-corrected chi connectivity index (χ4v) is 0.720. The highest BCUT2D eigenvalue weighted by molar-refractivity contribution is 5.82. The molecule has 13 heavy (non-hydrogen) atoms. The van der Waals surface area contributed by atoms with Crippen molar-refractivity contribution < 1.29 is 19.8 Å². The number of hydrogen-bond acceptors (Lipinski definition) is 4. The van der Waals surface area contributed by atoms with Crippen molar-refractivity contribution in [3.63, 3.8) is 0 Å². The summed E-state index contributed by atoms with van der Waals surface area (Å²) in [6.45, 7) is -0.0169. The van der Waals surface area contributed by atoms with Crippen LogP contribution in [0.25, 0.3) is 0 Å². The van der Waals surface area contributed by atoms with Gasteiger partial charge in [-0.1, -0.05) is 0 Å². The Bertz CT molecular complexity index is 183. The molecule has 76 valence electrons. The van der Waals surface area contributed by atoms with Crippen molar-refractivity contribution >= 4 is 11.9 Å². The maximum atomic E-state index is 11.0. The van der Waals surface area contributed by atoms with Gasteiger partial charge in [-0.3, -0.25) is 9.59 Å². The minimum atomic E-state index is -0.981. The molecule has 0 heterocycles. The Kier molecular flexibility index (Phi) is 5.82. The minimum Gasteiger partial charge on any atom is -0.481 e. The highest BCUT2D eigenvalue weighted by Gasteiger charge is 2.13. The maximum Gasteiger partial charge on any atom is 0.303 e. The number of carbonyl (C=O) groups is 2. The zero-order valence-corrected chi connectivity index (χ0v) is 7.19. The fourth-order valence-electron chi connectivity index (χ4n) is 0.720. The van der Waals surface area contributed by atoms with E-state index in [4.69, 9.17) is 15.9 Å². The van der Waals surface area contributed by atoms with E-state index in [1.165, 1.54) is 0 Å². The molecule has 0 aromatic carbocycles. The number of carboxylic acids is 1. The predicted octanol–water partition coefficient (Wildman–Crippen LogP) is -1.71. The molecule has 0 unspecified atom stereocenters. The van der Waals surface area contributed by atoms with Gasteiger partial charge in [-0.05, 0) is 6.42 Å². The Morgan fingerprint density at radius 3 is 2.54 bits per heavy atom. The molecular formula is C7H14N2O4. The highest BCUT2D eigenvalue weighted by Crippen LogP contribution is 1.94. The predicted molar refractivity (Wildman–Crippen MR) is 44.9 cm³/mol. The van der Waals surface area contributed by atoms with E-state index in [1.807, 2.05) is 0 Å². The number of nitrogens with two attached hydrogens (primary N) is 1. The van der Waals surface area contributed by atoms with Gasteiger partial charge in [0.15, 0.2) is 0 Å². The molecule has 0 aliphatic heterocycles. The van der Waals surface area contributed by atoms with Crippen LogP contribution in [0.1, 0.15) is 12.8 Å². The van der Waals surface area contributed by atoms with Gasteiger partial charge in [0.1, 0.15) is 0 Å². The van der Waals surface area contributed by atoms with Crippen LogP contribution in [0.2, 0.25) is 0 Å². The van der Waals surface area contributed by atoms with E-state index in [0.29, 0.717) is 0 Å². The van der Waals surface area contributed by atoms with Gasteiger partial charge in [-0.25, -0.2) is 0 Å². The molecule has 0 fully saturated rings. The quantitative estimate of drug-likeness (QED) is 0.398. The number of carboxylic acid groups (broad SMARTS) is 1. The summed E-state index contributed by atoms with van der Waals surface area (Å²) in [5.41, 5.74) is 5.35. The average Bonchev–Trinajstić information content (AvgIpc) is 2.10. The van der Waals surface area contributed by atoms with Crippen molar-refractivity contribution in [2.24, 2.45) is 5.73 Å². The van der Waals surface area contributed by atoms with Crippen LogP contribution in [-0.2, 0) is 9.59 Å². The minimum absolute atomic E-state index is 0.104. The van der Waals surface area contributed by atoms with Crippen molar-refractivity contribution in [1.29, 1.82) is 0 Å². The summed E-state index contributed by atoms with van der Waals surface area (Å²) in [7, 11) is 0. The van der Waals surface area contributed by atoms with Crippen LogP contribution in [0, 0.1) is 0 Å². The zero-order chi connectivity index (χ0) is 10.3. The lowest BCUT2D eigenvalue weighted by Gasteiger charge is -2.09. The van der Waals surface area contributed by atoms with Crippen LogP contribution in [-0.4, -0.2) is 41.3 Å². The van der Waals surface area contributed by atoms with E-state index in [2.05, 4.69) is 5.32 Å². The van der Waals surface area contributed by atoms with E-state index in [-0.39, 0.29) is 26.0 Å². The third-order valence-electron chi connectivity index (χ3n) is 1.42. The van der Waals surface area contributed by atoms with Crippen LogP contribution in [0.4, 0.5) is 0 Å². The topological polar surface area (TPSA) is 113 Å². The number of aliphatic hydroxyl groups excluding tert-OH is 1. The van der Waals surface area contributed by atoms with Crippen molar-refractivity contribution in [3.05, 3.63) is 0 Å². The van der Waals surface area contributed by atoms with Gasteiger partial charge in [0, 0.05) is 13.0 Å². The van der Waals surface area contributed by atoms with E-state index in [0.717, 1.165) is 0 Å². The smallest absolute Gasteiger partial charge is 0.303 e. The monoisotopic (exact) mass is 190 g/mol. The van der Waals surface area contributed by atoms with Gasteiger partial charge in [0.25, 0.3) is 0 Å². The Hall–Kier alpha value is -1.14. The Morgan fingerprint density at radius 2 is 2.08 bits per heavy atom. The van der Waals surface area contributed by atoms with Gasteiger partial charge in [-0.2, -0.15) is 0 Å². The van der Waals surface area contributed by atoms with Crippen LogP contribution < -0.4 is 11.1 Å². The third-order valence-corrected chi connectivity index (χ3v) is 1.42. The lowest BCUT2D eigenvalue weighted by atomic mass is 10.1. The van der Waals surface area contributed by atoms with E-state index in [1.54, 1.807) is 0 Å². The van der Waals surface area contributed by atoms with Gasteiger partial charge in [0.05, 0.1) is 12.6 Å². The molecule has 0 aromatic rings. The second kappa shape index (κ2) is 6.38. The molecule has 0 saturated carbocycles. The summed E-state index contributed by atoms with van der Waals surface area (Å²) in [5, 5.41) is 19.0. The standard InChI is InChI=1S/C7H14N2O4/c8-5(1-2-6(11)12)7(13)9-3-4-10/h5,10H,1-4,8H2,(H,9,13)(H,11,12)/t5-/m0/s1. The second-order valence-corrected chi connectivity index (χ2v) is 2.55. The first kappa shape index (κ1) is 11.9. The summed E-state index contributed by atoms with van der Waals surface area (Å²) >= 11 is 0. The molecule has 6 nitrogen and oxygen atoms in total. The summed E-state index contributed by atoms with van der Waals surface area (Å²) in [4.78, 5) is 21.1. The first-order valence-corrected chi connectivity index (χ1v) is 3.94. The third kappa shape index (κ3) is 6.06. The largest absolute Gasteiger partial charge is 0.481 e. The number of nitrogens with one attached hydrogen (secondary N) is 1. The molecule has 0 saturated heterocycles. The molecule has 0 aliphatic rings. The molecule has 0 aliphatic carbocycles. The molecule has 1 amide bonds. The lowest BCUT2D eigenvalue weighted by molar-refractivity contribution is -0.137. The average molecular weight is 190 g/mol. The van der Waals surface area contributed by atoms with Gasteiger partial charge >= 0.3 is 5.97 Å². The number of rotatable bonds is 6. The molecule has 0 spiro atoms. The number of carbonyl (C=O) groups excluding carboxylic acids is 1. The summed E-state index contributed by atoms with van der Waals surface area (Å²) in [6, 6.07) is -0.817. The molecule has 1 atom stereocenters. The molecule has 5 N–H and O–H groups in total. The summed E-state index contributed by atoms with van der Waals surface area (Å²) < 4.78 is 0. The summed E-state index contributed by atoms with van der Waals surface area (Å²) in [5.74, 6) is -1.42. The number of hydrogen-bond donors (Lipinski definition) is 4. The second-order valence-electron chi connectivity index (χ2n) is 2.55. The number of aliphatic hydroxyl groups is 1. The molecule has 0 rings (SSSR count). The van der Waals surface area contributed by atoms with Crippen LogP contribution in [0.15, 0.2) is 0 Å². The van der Waals surface area contributed by atoms with E-state index in [9.17, 15) is 9.59 Å². The number of amides is 1. The van der Waals surface area contributed by atoms with Gasteiger partial charge in [0.2, 0.25) is 5.91 Å². The SMILES string of the molecule is N[C@@H](CCC(=O)O)C(=O)NCCO. The van der Waals surface area contributed by atoms with Gasteiger partial charge in [-0.15, -0.1) is 0 Å². The lowest BCUT2D eigenvalue weighted by Crippen LogP contribution is -2.41. The Balaban J connectivity index is 3.62. The molecule has 0 bridgehead atoms.